The molecule has 1 saturated heterocycles. The Balaban J connectivity index is 2.02. The van der Waals surface area contributed by atoms with Crippen molar-refractivity contribution < 1.29 is 4.74 Å². The molecule has 78 valence electrons. The average molecular weight is 235 g/mol. The molecule has 1 aliphatic rings. The Morgan fingerprint density at radius 1 is 1.50 bits per heavy atom. The van der Waals surface area contributed by atoms with Gasteiger partial charge in [0.15, 0.2) is 0 Å². The minimum absolute atomic E-state index is 0.0218. The molecule has 0 aliphatic carbocycles. The third-order valence-corrected chi connectivity index (χ3v) is 3.24. The van der Waals surface area contributed by atoms with Gasteiger partial charge in [-0.1, -0.05) is 11.6 Å². The summed E-state index contributed by atoms with van der Waals surface area (Å²) in [4.78, 5) is 13.5. The first-order chi connectivity index (χ1) is 6.75. The Morgan fingerprint density at radius 3 is 2.79 bits per heavy atom. The van der Waals surface area contributed by atoms with Crippen molar-refractivity contribution in [3.05, 3.63) is 20.8 Å². The minimum atomic E-state index is -0.0218. The zero-order valence-electron chi connectivity index (χ0n) is 7.61. The second-order valence-electron chi connectivity index (χ2n) is 3.13. The molecule has 4 nitrogen and oxygen atoms in total. The zero-order chi connectivity index (χ0) is 9.97. The van der Waals surface area contributed by atoms with E-state index in [1.54, 1.807) is 3.96 Å². The van der Waals surface area contributed by atoms with E-state index in [-0.39, 0.29) is 5.56 Å². The Bertz CT molecular complexity index is 356. The number of nitrogens with zero attached hydrogens (tertiary/aromatic N) is 2. The van der Waals surface area contributed by atoms with Gasteiger partial charge in [0.05, 0.1) is 19.9 Å². The summed E-state index contributed by atoms with van der Waals surface area (Å²) in [6.07, 6.45) is 0. The fourth-order valence-corrected chi connectivity index (χ4v) is 2.44. The fourth-order valence-electron chi connectivity index (χ4n) is 1.37. The van der Waals surface area contributed by atoms with Crippen LogP contribution >= 0.6 is 23.1 Å². The van der Waals surface area contributed by atoms with Crippen LogP contribution in [0.5, 0.6) is 0 Å². The van der Waals surface area contributed by atoms with Gasteiger partial charge in [0.1, 0.15) is 4.34 Å². The van der Waals surface area contributed by atoms with E-state index in [2.05, 4.69) is 4.90 Å². The second kappa shape index (κ2) is 4.44. The number of ether oxygens (including phenoxy) is 1. The number of aromatic nitrogens is 1. The van der Waals surface area contributed by atoms with Crippen LogP contribution in [0.1, 0.15) is 0 Å². The second-order valence-corrected chi connectivity index (χ2v) is 4.82. The van der Waals surface area contributed by atoms with Crippen LogP contribution in [0.3, 0.4) is 0 Å². The van der Waals surface area contributed by atoms with Gasteiger partial charge in [-0.05, 0) is 11.5 Å². The highest BCUT2D eigenvalue weighted by molar-refractivity contribution is 7.11. The lowest BCUT2D eigenvalue weighted by Gasteiger charge is -2.26. The first-order valence-corrected chi connectivity index (χ1v) is 5.57. The molecule has 1 aliphatic heterocycles. The molecule has 14 heavy (non-hydrogen) atoms. The maximum absolute atomic E-state index is 11.3. The zero-order valence-corrected chi connectivity index (χ0v) is 9.18. The first kappa shape index (κ1) is 10.2. The average Bonchev–Trinajstić information content (AvgIpc) is 2.47. The van der Waals surface area contributed by atoms with Crippen molar-refractivity contribution in [2.24, 2.45) is 0 Å². The van der Waals surface area contributed by atoms with Gasteiger partial charge < -0.3 is 4.74 Å². The van der Waals surface area contributed by atoms with Gasteiger partial charge in [-0.3, -0.25) is 9.69 Å². The summed E-state index contributed by atoms with van der Waals surface area (Å²) in [5.74, 6) is 0. The predicted octanol–water partition coefficient (Wildman–Crippen LogP) is 0.853. The molecule has 1 aromatic heterocycles. The van der Waals surface area contributed by atoms with Gasteiger partial charge in [0.25, 0.3) is 5.56 Å². The van der Waals surface area contributed by atoms with Crippen LogP contribution in [0.25, 0.3) is 0 Å². The lowest BCUT2D eigenvalue weighted by atomic mass is 10.4. The topological polar surface area (TPSA) is 34.5 Å². The highest BCUT2D eigenvalue weighted by Crippen LogP contribution is 2.12. The van der Waals surface area contributed by atoms with Crippen LogP contribution in [0.4, 0.5) is 0 Å². The molecule has 1 aromatic rings. The Kier molecular flexibility index (Phi) is 3.22. The molecule has 0 atom stereocenters. The van der Waals surface area contributed by atoms with E-state index < -0.39 is 0 Å². The third kappa shape index (κ3) is 2.36. The van der Waals surface area contributed by atoms with E-state index in [1.165, 1.54) is 17.6 Å². The Hall–Kier alpha value is -0.360. The Labute approximate surface area is 90.8 Å². The van der Waals surface area contributed by atoms with Crippen molar-refractivity contribution in [1.82, 2.24) is 8.86 Å². The molecule has 0 unspecified atom stereocenters. The summed E-state index contributed by atoms with van der Waals surface area (Å²) in [7, 11) is 0. The Morgan fingerprint density at radius 2 is 2.21 bits per heavy atom. The molecule has 0 amide bonds. The summed E-state index contributed by atoms with van der Waals surface area (Å²) < 4.78 is 7.43. The molecular weight excluding hydrogens is 224 g/mol. The van der Waals surface area contributed by atoms with E-state index in [4.69, 9.17) is 16.3 Å². The van der Waals surface area contributed by atoms with Crippen molar-refractivity contribution >= 4 is 23.1 Å². The lowest BCUT2D eigenvalue weighted by molar-refractivity contribution is 0.0247. The molecule has 0 N–H and O–H groups in total. The van der Waals surface area contributed by atoms with Crippen LogP contribution in [0.2, 0.25) is 4.34 Å². The molecular formula is C8H11ClN2O2S. The van der Waals surface area contributed by atoms with E-state index in [1.807, 2.05) is 0 Å². The van der Waals surface area contributed by atoms with Crippen LogP contribution < -0.4 is 5.56 Å². The summed E-state index contributed by atoms with van der Waals surface area (Å²) in [6.45, 7) is 3.87. The van der Waals surface area contributed by atoms with Crippen molar-refractivity contribution in [2.45, 2.75) is 6.67 Å². The summed E-state index contributed by atoms with van der Waals surface area (Å²) in [6, 6.07) is 1.45. The van der Waals surface area contributed by atoms with Gasteiger partial charge in [-0.2, -0.15) is 0 Å². The van der Waals surface area contributed by atoms with Crippen molar-refractivity contribution in [1.29, 1.82) is 0 Å². The van der Waals surface area contributed by atoms with E-state index in [0.717, 1.165) is 26.3 Å². The normalized spacial score (nSPS) is 18.6. The van der Waals surface area contributed by atoms with Crippen LogP contribution in [-0.2, 0) is 11.4 Å². The van der Waals surface area contributed by atoms with Crippen LogP contribution in [0, 0.1) is 0 Å². The van der Waals surface area contributed by atoms with Gasteiger partial charge in [-0.25, -0.2) is 3.96 Å². The summed E-state index contributed by atoms with van der Waals surface area (Å²) >= 11 is 7.03. The number of morpholine rings is 1. The monoisotopic (exact) mass is 234 g/mol. The quantitative estimate of drug-likeness (QED) is 0.761. The van der Waals surface area contributed by atoms with Gasteiger partial charge in [0, 0.05) is 19.2 Å². The highest BCUT2D eigenvalue weighted by atomic mass is 35.5. The number of hydrogen-bond donors (Lipinski definition) is 0. The smallest absolute Gasteiger partial charge is 0.263 e. The van der Waals surface area contributed by atoms with E-state index in [0.29, 0.717) is 11.0 Å². The maximum Gasteiger partial charge on any atom is 0.263 e. The van der Waals surface area contributed by atoms with Crippen molar-refractivity contribution in [2.75, 3.05) is 26.3 Å². The summed E-state index contributed by atoms with van der Waals surface area (Å²) in [5.41, 5.74) is -0.0218. The minimum Gasteiger partial charge on any atom is -0.379 e. The highest BCUT2D eigenvalue weighted by Gasteiger charge is 2.12. The van der Waals surface area contributed by atoms with E-state index >= 15 is 0 Å². The van der Waals surface area contributed by atoms with Gasteiger partial charge in [0.2, 0.25) is 0 Å². The SMILES string of the molecule is O=c1cc(Cl)sn1CN1CCOCC1. The maximum atomic E-state index is 11.3. The molecule has 1 fully saturated rings. The molecule has 6 heteroatoms. The van der Waals surface area contributed by atoms with Crippen molar-refractivity contribution in [3.63, 3.8) is 0 Å². The van der Waals surface area contributed by atoms with Crippen LogP contribution in [0.15, 0.2) is 10.9 Å². The van der Waals surface area contributed by atoms with Crippen LogP contribution in [-0.4, -0.2) is 35.2 Å². The molecule has 0 bridgehead atoms. The summed E-state index contributed by atoms with van der Waals surface area (Å²) in [5, 5.41) is 0. The lowest BCUT2D eigenvalue weighted by Crippen LogP contribution is -2.38. The fraction of sp³-hybridized carbons (Fsp3) is 0.625. The molecule has 0 saturated carbocycles. The van der Waals surface area contributed by atoms with Crippen molar-refractivity contribution in [3.8, 4) is 0 Å². The van der Waals surface area contributed by atoms with Gasteiger partial charge >= 0.3 is 0 Å². The molecule has 0 spiro atoms. The standard InChI is InChI=1S/C8H11ClN2O2S/c9-7-5-8(12)11(14-7)6-10-1-3-13-4-2-10/h5H,1-4,6H2. The number of hydrogen-bond acceptors (Lipinski definition) is 4. The number of halogens is 1. The predicted molar refractivity (Wildman–Crippen MR) is 56.0 cm³/mol. The first-order valence-electron chi connectivity index (χ1n) is 4.42. The van der Waals surface area contributed by atoms with E-state index in [9.17, 15) is 4.79 Å². The molecule has 0 aromatic carbocycles. The van der Waals surface area contributed by atoms with Gasteiger partial charge in [-0.15, -0.1) is 0 Å². The largest absolute Gasteiger partial charge is 0.379 e. The molecule has 0 radical (unpaired) electrons. The molecule has 2 rings (SSSR count). The number of rotatable bonds is 2. The third-order valence-electron chi connectivity index (χ3n) is 2.11. The molecule has 2 heterocycles.